The number of aliphatic hydroxyl groups is 1. The first-order valence-corrected chi connectivity index (χ1v) is 21.3. The highest BCUT2D eigenvalue weighted by Crippen LogP contribution is 2.25. The van der Waals surface area contributed by atoms with Gasteiger partial charge in [0.15, 0.2) is 0 Å². The number of furan rings is 1. The fourth-order valence-electron chi connectivity index (χ4n) is 6.53. The summed E-state index contributed by atoms with van der Waals surface area (Å²) >= 11 is 0. The van der Waals surface area contributed by atoms with E-state index in [2.05, 4.69) is 126 Å². The molecule has 1 unspecified atom stereocenters. The van der Waals surface area contributed by atoms with E-state index < -0.39 is 0 Å². The normalized spacial score (nSPS) is 15.1. The lowest BCUT2D eigenvalue weighted by molar-refractivity contribution is 0.199. The number of aryl methyl sites for hydroxylation is 3. The first-order valence-electron chi connectivity index (χ1n) is 21.3. The zero-order valence-electron chi connectivity index (χ0n) is 35.5. The zero-order valence-corrected chi connectivity index (χ0v) is 35.5. The third-order valence-corrected chi connectivity index (χ3v) is 10.3. The van der Waals surface area contributed by atoms with Crippen molar-refractivity contribution < 1.29 is 9.52 Å². The molecule has 0 bridgehead atoms. The van der Waals surface area contributed by atoms with E-state index in [4.69, 9.17) is 9.52 Å². The average molecular weight is 743 g/mol. The number of fused-ring (bicyclic) bond motifs is 1. The van der Waals surface area contributed by atoms with Gasteiger partial charge in [0, 0.05) is 0 Å². The van der Waals surface area contributed by atoms with Crippen LogP contribution in [0.15, 0.2) is 150 Å². The Morgan fingerprint density at radius 1 is 0.600 bits per heavy atom. The molecule has 0 aliphatic heterocycles. The van der Waals surface area contributed by atoms with E-state index >= 15 is 0 Å². The van der Waals surface area contributed by atoms with Crippen LogP contribution in [0, 0.1) is 24.7 Å². The Balaban J connectivity index is 0.000000225. The van der Waals surface area contributed by atoms with Crippen LogP contribution >= 0.6 is 0 Å². The molecule has 2 heteroatoms. The van der Waals surface area contributed by atoms with Crippen molar-refractivity contribution in [3.8, 4) is 0 Å². The number of hydrogen-bond donors (Lipinski definition) is 1. The van der Waals surface area contributed by atoms with Crippen LogP contribution in [0.1, 0.15) is 134 Å². The minimum absolute atomic E-state index is 0.341. The second kappa shape index (κ2) is 30.1. The highest BCUT2D eigenvalue weighted by Gasteiger charge is 2.09. The second-order valence-electron chi connectivity index (χ2n) is 15.1. The van der Waals surface area contributed by atoms with Gasteiger partial charge in [0.1, 0.15) is 5.76 Å². The van der Waals surface area contributed by atoms with Gasteiger partial charge in [-0.25, -0.2) is 0 Å². The van der Waals surface area contributed by atoms with E-state index in [1.807, 2.05) is 55.5 Å². The number of allylic oxidation sites excluding steroid dienone is 4. The highest BCUT2D eigenvalue weighted by atomic mass is 16.3. The molecule has 3 aliphatic carbocycles. The van der Waals surface area contributed by atoms with Crippen LogP contribution < -0.4 is 0 Å². The topological polar surface area (TPSA) is 33.4 Å². The van der Waals surface area contributed by atoms with Crippen LogP contribution in [0.5, 0.6) is 0 Å². The van der Waals surface area contributed by atoms with Crippen molar-refractivity contribution in [2.75, 3.05) is 0 Å². The quantitative estimate of drug-likeness (QED) is 0.199. The van der Waals surface area contributed by atoms with Gasteiger partial charge in [-0.3, -0.25) is 0 Å². The molecular weight excluding hydrogens is 669 g/mol. The Morgan fingerprint density at radius 3 is 1.51 bits per heavy atom. The van der Waals surface area contributed by atoms with Crippen LogP contribution in [0.25, 0.3) is 10.8 Å². The molecule has 3 aliphatic rings. The number of rotatable bonds is 4. The van der Waals surface area contributed by atoms with E-state index in [9.17, 15) is 0 Å². The standard InChI is InChI=1S/C12H12.C8H10O.C8H16.C8H10.C6H12.C6H8.C5H6O/c1-2-10-7-8-11-5-3-4-6-12(11)9-10;1-7(9)8-5-3-2-4-6-8;2*1-2-8-6-4-3-5-7-8;2*1-6-4-2-3-5-6;1-5-3-2-4-6-5/h3-9H,2H2,1H3;2-7,9H,1H3;8H,2-7H2,1H3;3-7H,2H2,1H3;6H,2-5H2,1H3;2-6H,1H3;2-4H,1H3. The number of benzene rings is 4. The summed E-state index contributed by atoms with van der Waals surface area (Å²) in [5.41, 5.74) is 3.79. The van der Waals surface area contributed by atoms with Crippen molar-refractivity contribution in [3.05, 3.63) is 168 Å². The molecule has 0 saturated heterocycles. The van der Waals surface area contributed by atoms with Gasteiger partial charge in [0.2, 0.25) is 0 Å². The molecule has 1 atom stereocenters. The Hall–Kier alpha value is -4.14. The van der Waals surface area contributed by atoms with Crippen molar-refractivity contribution in [1.29, 1.82) is 0 Å². The van der Waals surface area contributed by atoms with Crippen LogP contribution in [0.4, 0.5) is 0 Å². The molecule has 55 heavy (non-hydrogen) atoms. The maximum Gasteiger partial charge on any atom is 0.100 e. The molecule has 298 valence electrons. The molecule has 0 spiro atoms. The lowest BCUT2D eigenvalue weighted by Gasteiger charge is -2.18. The Labute approximate surface area is 336 Å². The van der Waals surface area contributed by atoms with Crippen LogP contribution in [0.2, 0.25) is 0 Å². The summed E-state index contributed by atoms with van der Waals surface area (Å²) < 4.78 is 4.83. The molecule has 2 saturated carbocycles. The van der Waals surface area contributed by atoms with Crippen LogP contribution in [-0.2, 0) is 12.8 Å². The molecular formula is C53H74O2. The molecule has 0 radical (unpaired) electrons. The zero-order chi connectivity index (χ0) is 39.9. The number of aliphatic hydroxyl groups excluding tert-OH is 1. The van der Waals surface area contributed by atoms with Gasteiger partial charge < -0.3 is 9.52 Å². The van der Waals surface area contributed by atoms with E-state index in [0.29, 0.717) is 5.92 Å². The van der Waals surface area contributed by atoms with Crippen LogP contribution in [0.3, 0.4) is 0 Å². The molecule has 2 fully saturated rings. The minimum atomic E-state index is -0.341. The van der Waals surface area contributed by atoms with Crippen molar-refractivity contribution in [1.82, 2.24) is 0 Å². The lowest BCUT2D eigenvalue weighted by atomic mass is 9.88. The molecule has 1 heterocycles. The van der Waals surface area contributed by atoms with Crippen molar-refractivity contribution in [2.24, 2.45) is 17.8 Å². The van der Waals surface area contributed by atoms with Crippen molar-refractivity contribution in [3.63, 3.8) is 0 Å². The molecule has 8 rings (SSSR count). The van der Waals surface area contributed by atoms with Gasteiger partial charge in [0.25, 0.3) is 0 Å². The van der Waals surface area contributed by atoms with Gasteiger partial charge in [-0.15, -0.1) is 0 Å². The summed E-state index contributed by atoms with van der Waals surface area (Å²) in [6.45, 7) is 14.8. The largest absolute Gasteiger partial charge is 0.470 e. The Kier molecular flexibility index (Phi) is 25.7. The smallest absolute Gasteiger partial charge is 0.100 e. The third kappa shape index (κ3) is 22.7. The minimum Gasteiger partial charge on any atom is -0.470 e. The molecule has 5 aromatic rings. The molecule has 1 N–H and O–H groups in total. The molecule has 0 amide bonds. The third-order valence-electron chi connectivity index (χ3n) is 10.3. The molecule has 4 aromatic carbocycles. The monoisotopic (exact) mass is 743 g/mol. The first-order chi connectivity index (χ1) is 26.7. The Bertz CT molecular complexity index is 1630. The van der Waals surface area contributed by atoms with E-state index in [0.717, 1.165) is 36.0 Å². The van der Waals surface area contributed by atoms with Crippen molar-refractivity contribution in [2.45, 2.75) is 132 Å². The van der Waals surface area contributed by atoms with Gasteiger partial charge in [0.05, 0.1) is 12.4 Å². The fourth-order valence-corrected chi connectivity index (χ4v) is 6.53. The highest BCUT2D eigenvalue weighted by molar-refractivity contribution is 5.82. The number of hydrogen-bond acceptors (Lipinski definition) is 2. The molecule has 2 nitrogen and oxygen atoms in total. The predicted molar refractivity (Wildman–Crippen MR) is 242 cm³/mol. The van der Waals surface area contributed by atoms with Gasteiger partial charge in [-0.05, 0) is 84.0 Å². The summed E-state index contributed by atoms with van der Waals surface area (Å²) in [6, 6.07) is 38.9. The summed E-state index contributed by atoms with van der Waals surface area (Å²) in [7, 11) is 0. The van der Waals surface area contributed by atoms with E-state index in [-0.39, 0.29) is 6.10 Å². The predicted octanol–water partition coefficient (Wildman–Crippen LogP) is 15.9. The van der Waals surface area contributed by atoms with Crippen LogP contribution in [-0.4, -0.2) is 5.11 Å². The van der Waals surface area contributed by atoms with E-state index in [1.54, 1.807) is 13.2 Å². The van der Waals surface area contributed by atoms with Gasteiger partial charge in [-0.1, -0.05) is 226 Å². The van der Waals surface area contributed by atoms with E-state index in [1.165, 1.54) is 86.1 Å². The fraction of sp³-hybridized carbons (Fsp3) is 0.434. The average Bonchev–Trinajstić information content (AvgIpc) is 4.06. The second-order valence-corrected chi connectivity index (χ2v) is 15.1. The van der Waals surface area contributed by atoms with Gasteiger partial charge >= 0.3 is 0 Å². The summed E-state index contributed by atoms with van der Waals surface area (Å²) in [5.74, 6) is 3.79. The molecule has 1 aromatic heterocycles. The summed E-state index contributed by atoms with van der Waals surface area (Å²) in [4.78, 5) is 0. The van der Waals surface area contributed by atoms with Gasteiger partial charge in [-0.2, -0.15) is 0 Å². The maximum atomic E-state index is 9.02. The lowest BCUT2D eigenvalue weighted by Crippen LogP contribution is -2.03. The Morgan fingerprint density at radius 2 is 1.15 bits per heavy atom. The maximum absolute atomic E-state index is 9.02. The summed E-state index contributed by atoms with van der Waals surface area (Å²) in [6.07, 6.45) is 26.9. The summed E-state index contributed by atoms with van der Waals surface area (Å²) in [5, 5.41) is 11.7. The first kappa shape index (κ1) is 47.0. The van der Waals surface area contributed by atoms with Crippen molar-refractivity contribution >= 4 is 10.8 Å². The SMILES string of the molecule is CC(O)c1ccccc1.CC1C=CC=C1.CC1CCCC1.CCC1CCCCC1.CCc1ccc2ccccc2c1.CCc1ccccc1.Cc1ccco1.